The van der Waals surface area contributed by atoms with Crippen molar-refractivity contribution < 1.29 is 9.53 Å². The molecule has 1 amide bonds. The molecule has 3 aromatic rings. The molecule has 7 heteroatoms. The highest BCUT2D eigenvalue weighted by atomic mass is 16.5. The number of nitrogens with one attached hydrogen (secondary N) is 2. The number of hydrogen-bond acceptors (Lipinski definition) is 5. The first-order valence-corrected chi connectivity index (χ1v) is 11.1. The number of amides is 1. The van der Waals surface area contributed by atoms with Gasteiger partial charge in [-0.15, -0.1) is 0 Å². The van der Waals surface area contributed by atoms with Crippen LogP contribution in [0.4, 0.5) is 0 Å². The summed E-state index contributed by atoms with van der Waals surface area (Å²) < 4.78 is 7.61. The zero-order valence-electron chi connectivity index (χ0n) is 18.5. The number of rotatable bonds is 6. The van der Waals surface area contributed by atoms with Crippen molar-refractivity contribution in [1.29, 1.82) is 5.26 Å². The van der Waals surface area contributed by atoms with E-state index in [1.807, 2.05) is 23.0 Å². The van der Waals surface area contributed by atoms with E-state index >= 15 is 0 Å². The minimum absolute atomic E-state index is 0.238. The van der Waals surface area contributed by atoms with Gasteiger partial charge in [0, 0.05) is 31.0 Å². The van der Waals surface area contributed by atoms with Crippen LogP contribution in [0.1, 0.15) is 31.9 Å². The molecule has 0 bridgehead atoms. The summed E-state index contributed by atoms with van der Waals surface area (Å²) in [5.41, 5.74) is 4.33. The van der Waals surface area contributed by atoms with Crippen molar-refractivity contribution in [3.8, 4) is 17.2 Å². The normalized spacial score (nSPS) is 17.6. The summed E-state index contributed by atoms with van der Waals surface area (Å²) in [5, 5.41) is 21.2. The molecular weight excluding hydrogens is 402 g/mol. The largest absolute Gasteiger partial charge is 0.367 e. The van der Waals surface area contributed by atoms with Gasteiger partial charge in [0.1, 0.15) is 12.1 Å². The number of nitriles is 1. The van der Waals surface area contributed by atoms with Crippen molar-refractivity contribution in [2.45, 2.75) is 44.9 Å². The number of hydrogen-bond donors (Lipinski definition) is 2. The van der Waals surface area contributed by atoms with Crippen molar-refractivity contribution in [3.05, 3.63) is 54.2 Å². The number of nitrogens with zero attached hydrogens (tertiary/aromatic N) is 3. The monoisotopic (exact) mass is 431 g/mol. The number of ether oxygens (including phenoxy) is 1. The number of carbonyl (C=O) groups is 1. The van der Waals surface area contributed by atoms with Gasteiger partial charge >= 0.3 is 0 Å². The molecule has 2 unspecified atom stereocenters. The molecule has 1 aromatic heterocycles. The second-order valence-electron chi connectivity index (χ2n) is 8.46. The summed E-state index contributed by atoms with van der Waals surface area (Å²) in [6.45, 7) is 6.10. The molecule has 1 saturated heterocycles. The molecule has 2 heterocycles. The average molecular weight is 432 g/mol. The Morgan fingerprint density at radius 3 is 2.81 bits per heavy atom. The highest BCUT2D eigenvalue weighted by Crippen LogP contribution is 2.26. The van der Waals surface area contributed by atoms with Crippen molar-refractivity contribution in [1.82, 2.24) is 20.4 Å². The Labute approximate surface area is 188 Å². The second kappa shape index (κ2) is 9.94. The Balaban J connectivity index is 1.44. The van der Waals surface area contributed by atoms with E-state index < -0.39 is 12.1 Å². The lowest BCUT2D eigenvalue weighted by Crippen LogP contribution is -2.46. The summed E-state index contributed by atoms with van der Waals surface area (Å²) in [4.78, 5) is 12.5. The lowest BCUT2D eigenvalue weighted by atomic mass is 10.00. The number of fused-ring (bicyclic) bond motifs is 1. The summed E-state index contributed by atoms with van der Waals surface area (Å²) in [5.74, 6) is -0.238. The van der Waals surface area contributed by atoms with Crippen LogP contribution in [0.5, 0.6) is 0 Å². The molecular formula is C25H29N5O2. The smallest absolute Gasteiger partial charge is 0.251 e. The van der Waals surface area contributed by atoms with Crippen molar-refractivity contribution in [2.24, 2.45) is 0 Å². The van der Waals surface area contributed by atoms with Gasteiger partial charge in [0.2, 0.25) is 0 Å². The van der Waals surface area contributed by atoms with Crippen LogP contribution in [0.15, 0.2) is 48.7 Å². The standard InChI is InChI=1S/C25H29N5O2/c1-17(2)30-23-13-20(8-9-21(23)15-28-30)19-6-4-18(5-7-19)12-22(14-26)29-25(31)24-16-27-10-3-11-32-24/h4-9,13,15,17,22,24,27H,3,10-12,16H2,1-2H3,(H,29,31). The van der Waals surface area contributed by atoms with Gasteiger partial charge in [0.25, 0.3) is 5.91 Å². The van der Waals surface area contributed by atoms with E-state index in [4.69, 9.17) is 4.74 Å². The third kappa shape index (κ3) is 4.98. The maximum absolute atomic E-state index is 12.5. The fourth-order valence-corrected chi connectivity index (χ4v) is 3.97. The van der Waals surface area contributed by atoms with Gasteiger partial charge in [-0.1, -0.05) is 36.4 Å². The third-order valence-electron chi connectivity index (χ3n) is 5.73. The second-order valence-corrected chi connectivity index (χ2v) is 8.46. The van der Waals surface area contributed by atoms with E-state index in [1.165, 1.54) is 0 Å². The maximum atomic E-state index is 12.5. The summed E-state index contributed by atoms with van der Waals surface area (Å²) in [6.07, 6.45) is 2.67. The predicted molar refractivity (Wildman–Crippen MR) is 124 cm³/mol. The van der Waals surface area contributed by atoms with Gasteiger partial charge in [0.15, 0.2) is 0 Å². The van der Waals surface area contributed by atoms with Crippen LogP contribution >= 0.6 is 0 Å². The first-order chi connectivity index (χ1) is 15.5. The Morgan fingerprint density at radius 2 is 2.06 bits per heavy atom. The molecule has 2 aromatic carbocycles. The van der Waals surface area contributed by atoms with Crippen LogP contribution in [0.25, 0.3) is 22.0 Å². The van der Waals surface area contributed by atoms with E-state index in [0.717, 1.165) is 40.6 Å². The molecule has 166 valence electrons. The molecule has 0 aliphatic carbocycles. The van der Waals surface area contributed by atoms with Crippen molar-refractivity contribution in [2.75, 3.05) is 19.7 Å². The van der Waals surface area contributed by atoms with Gasteiger partial charge in [-0.25, -0.2) is 0 Å². The molecule has 1 aliphatic rings. The molecule has 4 rings (SSSR count). The minimum Gasteiger partial charge on any atom is -0.367 e. The van der Waals surface area contributed by atoms with Crippen LogP contribution in [0, 0.1) is 11.3 Å². The molecule has 1 fully saturated rings. The van der Waals surface area contributed by atoms with Crippen LogP contribution in [-0.2, 0) is 16.0 Å². The lowest BCUT2D eigenvalue weighted by molar-refractivity contribution is -0.132. The van der Waals surface area contributed by atoms with E-state index in [2.05, 4.69) is 66.0 Å². The number of carbonyl (C=O) groups excluding carboxylic acids is 1. The zero-order chi connectivity index (χ0) is 22.5. The van der Waals surface area contributed by atoms with Gasteiger partial charge < -0.3 is 15.4 Å². The first kappa shape index (κ1) is 22.0. The Hall–Kier alpha value is -3.21. The molecule has 0 saturated carbocycles. The topological polar surface area (TPSA) is 92.0 Å². The summed E-state index contributed by atoms with van der Waals surface area (Å²) >= 11 is 0. The fraction of sp³-hybridized carbons (Fsp3) is 0.400. The number of aromatic nitrogens is 2. The van der Waals surface area contributed by atoms with Gasteiger partial charge in [-0.05, 0) is 49.6 Å². The molecule has 2 atom stereocenters. The molecule has 7 nitrogen and oxygen atoms in total. The molecule has 1 aliphatic heterocycles. The number of benzene rings is 2. The van der Waals surface area contributed by atoms with Gasteiger partial charge in [-0.3, -0.25) is 9.48 Å². The van der Waals surface area contributed by atoms with Gasteiger partial charge in [0.05, 0.1) is 17.8 Å². The molecule has 0 radical (unpaired) electrons. The Bertz CT molecular complexity index is 1110. The molecule has 0 spiro atoms. The molecule has 2 N–H and O–H groups in total. The summed E-state index contributed by atoms with van der Waals surface area (Å²) in [7, 11) is 0. The Morgan fingerprint density at radius 1 is 1.28 bits per heavy atom. The van der Waals surface area contributed by atoms with E-state index in [-0.39, 0.29) is 5.91 Å². The Kier molecular flexibility index (Phi) is 6.84. The SMILES string of the molecule is CC(C)n1ncc2ccc(-c3ccc(CC(C#N)NC(=O)C4CNCCCO4)cc3)cc21. The third-order valence-corrected chi connectivity index (χ3v) is 5.73. The van der Waals surface area contributed by atoms with Crippen LogP contribution in [-0.4, -0.2) is 47.5 Å². The van der Waals surface area contributed by atoms with Crippen molar-refractivity contribution >= 4 is 16.8 Å². The van der Waals surface area contributed by atoms with E-state index in [9.17, 15) is 10.1 Å². The minimum atomic E-state index is -0.600. The highest BCUT2D eigenvalue weighted by molar-refractivity contribution is 5.84. The predicted octanol–water partition coefficient (Wildman–Crippen LogP) is 3.21. The summed E-state index contributed by atoms with van der Waals surface area (Å²) in [6, 6.07) is 16.4. The van der Waals surface area contributed by atoms with Crippen LogP contribution in [0.3, 0.4) is 0 Å². The van der Waals surface area contributed by atoms with E-state index in [0.29, 0.717) is 25.6 Å². The maximum Gasteiger partial charge on any atom is 0.251 e. The van der Waals surface area contributed by atoms with Crippen LogP contribution < -0.4 is 10.6 Å². The zero-order valence-corrected chi connectivity index (χ0v) is 18.5. The lowest BCUT2D eigenvalue weighted by Gasteiger charge is -2.18. The van der Waals surface area contributed by atoms with E-state index in [1.54, 1.807) is 0 Å². The first-order valence-electron chi connectivity index (χ1n) is 11.1. The average Bonchev–Trinajstić information content (AvgIpc) is 3.04. The van der Waals surface area contributed by atoms with Gasteiger partial charge in [-0.2, -0.15) is 10.4 Å². The molecule has 32 heavy (non-hydrogen) atoms. The van der Waals surface area contributed by atoms with Crippen LogP contribution in [0.2, 0.25) is 0 Å². The highest BCUT2D eigenvalue weighted by Gasteiger charge is 2.23. The fourth-order valence-electron chi connectivity index (χ4n) is 3.97. The van der Waals surface area contributed by atoms with Crippen molar-refractivity contribution in [3.63, 3.8) is 0 Å². The quantitative estimate of drug-likeness (QED) is 0.625.